The highest BCUT2D eigenvalue weighted by Crippen LogP contribution is 2.25. The third kappa shape index (κ3) is 3.92. The standard InChI is InChI=1S/C17H22N4O.ClH/c1-11-5-7-12(8-6-11)15-9-16(21-20-15)17(22)19-14-4-2-3-13(14)10-18;/h5-9,13-14H,2-4,10,18H2,1H3,(H,19,22)(H,20,21);1H. The Balaban J connectivity index is 0.00000192. The van der Waals surface area contributed by atoms with Gasteiger partial charge in [-0.25, -0.2) is 0 Å². The van der Waals surface area contributed by atoms with E-state index in [1.54, 1.807) is 6.07 Å². The molecule has 1 aromatic carbocycles. The third-order valence-electron chi connectivity index (χ3n) is 4.45. The summed E-state index contributed by atoms with van der Waals surface area (Å²) in [6.45, 7) is 2.67. The molecule has 2 atom stereocenters. The Kier molecular flexibility index (Phi) is 5.80. The normalized spacial score (nSPS) is 20.1. The number of nitrogens with one attached hydrogen (secondary N) is 2. The molecule has 0 aliphatic heterocycles. The molecule has 0 radical (unpaired) electrons. The largest absolute Gasteiger partial charge is 0.348 e. The summed E-state index contributed by atoms with van der Waals surface area (Å²) in [6.07, 6.45) is 3.23. The number of nitrogens with two attached hydrogens (primary N) is 1. The van der Waals surface area contributed by atoms with Crippen molar-refractivity contribution >= 4 is 18.3 Å². The van der Waals surface area contributed by atoms with Gasteiger partial charge in [0.05, 0.1) is 5.69 Å². The van der Waals surface area contributed by atoms with Crippen molar-refractivity contribution in [2.24, 2.45) is 11.7 Å². The average molecular weight is 335 g/mol. The summed E-state index contributed by atoms with van der Waals surface area (Å²) in [6, 6.07) is 10.1. The second-order valence-corrected chi connectivity index (χ2v) is 6.04. The predicted molar refractivity (Wildman–Crippen MR) is 93.7 cm³/mol. The molecule has 1 amide bonds. The summed E-state index contributed by atoms with van der Waals surface area (Å²) < 4.78 is 0. The molecule has 0 bridgehead atoms. The molecule has 5 nitrogen and oxygen atoms in total. The van der Waals surface area contributed by atoms with Gasteiger partial charge in [-0.05, 0) is 38.3 Å². The second kappa shape index (κ2) is 7.62. The van der Waals surface area contributed by atoms with Crippen LogP contribution in [0.5, 0.6) is 0 Å². The fourth-order valence-electron chi connectivity index (χ4n) is 3.07. The second-order valence-electron chi connectivity index (χ2n) is 6.04. The molecule has 0 saturated heterocycles. The Labute approximate surface area is 142 Å². The van der Waals surface area contributed by atoms with Crippen molar-refractivity contribution in [3.8, 4) is 11.3 Å². The maximum absolute atomic E-state index is 12.3. The number of rotatable bonds is 4. The van der Waals surface area contributed by atoms with Crippen molar-refractivity contribution in [2.45, 2.75) is 32.2 Å². The summed E-state index contributed by atoms with van der Waals surface area (Å²) in [5, 5.41) is 10.2. The smallest absolute Gasteiger partial charge is 0.269 e. The molecule has 1 aromatic heterocycles. The van der Waals surface area contributed by atoms with Gasteiger partial charge in [0.1, 0.15) is 5.69 Å². The van der Waals surface area contributed by atoms with Crippen LogP contribution in [0.2, 0.25) is 0 Å². The Hall–Kier alpha value is -1.85. The monoisotopic (exact) mass is 334 g/mol. The summed E-state index contributed by atoms with van der Waals surface area (Å²) >= 11 is 0. The number of hydrogen-bond acceptors (Lipinski definition) is 3. The van der Waals surface area contributed by atoms with Crippen molar-refractivity contribution in [3.63, 3.8) is 0 Å². The van der Waals surface area contributed by atoms with Crippen LogP contribution in [0.4, 0.5) is 0 Å². The first-order chi connectivity index (χ1) is 10.7. The number of nitrogens with zero attached hydrogens (tertiary/aromatic N) is 1. The number of aromatic amines is 1. The Morgan fingerprint density at radius 2 is 2.09 bits per heavy atom. The Bertz CT molecular complexity index is 653. The SMILES string of the molecule is Cc1ccc(-c2cc(C(=O)NC3CCCC3CN)[nH]n2)cc1.Cl. The topological polar surface area (TPSA) is 83.8 Å². The first-order valence-corrected chi connectivity index (χ1v) is 7.81. The number of halogens is 1. The minimum Gasteiger partial charge on any atom is -0.348 e. The number of benzene rings is 1. The van der Waals surface area contributed by atoms with E-state index in [9.17, 15) is 4.79 Å². The molecular formula is C17H23ClN4O. The van der Waals surface area contributed by atoms with Gasteiger partial charge in [-0.15, -0.1) is 12.4 Å². The summed E-state index contributed by atoms with van der Waals surface area (Å²) in [5.74, 6) is 0.291. The highest BCUT2D eigenvalue weighted by atomic mass is 35.5. The van der Waals surface area contributed by atoms with Crippen LogP contribution in [0, 0.1) is 12.8 Å². The minimum absolute atomic E-state index is 0. The molecule has 1 aliphatic carbocycles. The maximum atomic E-state index is 12.3. The van der Waals surface area contributed by atoms with Gasteiger partial charge >= 0.3 is 0 Å². The van der Waals surface area contributed by atoms with E-state index in [0.29, 0.717) is 18.2 Å². The van der Waals surface area contributed by atoms with Crippen molar-refractivity contribution in [2.75, 3.05) is 6.54 Å². The van der Waals surface area contributed by atoms with E-state index in [1.807, 2.05) is 31.2 Å². The maximum Gasteiger partial charge on any atom is 0.269 e. The quantitative estimate of drug-likeness (QED) is 0.803. The van der Waals surface area contributed by atoms with Gasteiger partial charge in [0, 0.05) is 11.6 Å². The summed E-state index contributed by atoms with van der Waals surface area (Å²) in [4.78, 5) is 12.3. The van der Waals surface area contributed by atoms with Gasteiger partial charge in [-0.1, -0.05) is 36.2 Å². The Morgan fingerprint density at radius 3 is 2.78 bits per heavy atom. The first kappa shape index (κ1) is 17.5. The molecule has 4 N–H and O–H groups in total. The van der Waals surface area contributed by atoms with Gasteiger partial charge in [0.2, 0.25) is 0 Å². The van der Waals surface area contributed by atoms with E-state index in [1.165, 1.54) is 5.56 Å². The van der Waals surface area contributed by atoms with E-state index in [-0.39, 0.29) is 24.4 Å². The number of carbonyl (C=O) groups excluding carboxylic acids is 1. The lowest BCUT2D eigenvalue weighted by Crippen LogP contribution is -2.40. The van der Waals surface area contributed by atoms with Crippen molar-refractivity contribution in [1.82, 2.24) is 15.5 Å². The lowest BCUT2D eigenvalue weighted by atomic mass is 10.0. The van der Waals surface area contributed by atoms with Crippen LogP contribution in [0.25, 0.3) is 11.3 Å². The van der Waals surface area contributed by atoms with E-state index in [4.69, 9.17) is 5.73 Å². The van der Waals surface area contributed by atoms with Gasteiger partial charge in [-0.3, -0.25) is 9.89 Å². The van der Waals surface area contributed by atoms with Crippen LogP contribution in [-0.4, -0.2) is 28.7 Å². The van der Waals surface area contributed by atoms with Crippen LogP contribution in [0.3, 0.4) is 0 Å². The fourth-order valence-corrected chi connectivity index (χ4v) is 3.07. The van der Waals surface area contributed by atoms with Crippen LogP contribution < -0.4 is 11.1 Å². The zero-order valence-corrected chi connectivity index (χ0v) is 14.0. The van der Waals surface area contributed by atoms with E-state index < -0.39 is 0 Å². The van der Waals surface area contributed by atoms with Crippen LogP contribution in [0.1, 0.15) is 35.3 Å². The Morgan fingerprint density at radius 1 is 1.35 bits per heavy atom. The van der Waals surface area contributed by atoms with Gasteiger partial charge < -0.3 is 11.1 Å². The molecule has 0 spiro atoms. The molecule has 1 heterocycles. The first-order valence-electron chi connectivity index (χ1n) is 7.81. The molecule has 1 aliphatic rings. The number of amides is 1. The average Bonchev–Trinajstić information content (AvgIpc) is 3.16. The molecule has 6 heteroatoms. The van der Waals surface area contributed by atoms with E-state index >= 15 is 0 Å². The van der Waals surface area contributed by atoms with Gasteiger partial charge in [0.25, 0.3) is 5.91 Å². The molecule has 2 aromatic rings. The number of carbonyl (C=O) groups is 1. The minimum atomic E-state index is -0.101. The number of aromatic nitrogens is 2. The van der Waals surface area contributed by atoms with Crippen molar-refractivity contribution in [1.29, 1.82) is 0 Å². The van der Waals surface area contributed by atoms with E-state index in [2.05, 4.69) is 15.5 Å². The number of H-pyrrole nitrogens is 1. The number of hydrogen-bond donors (Lipinski definition) is 3. The zero-order chi connectivity index (χ0) is 15.5. The lowest BCUT2D eigenvalue weighted by molar-refractivity contribution is 0.0923. The third-order valence-corrected chi connectivity index (χ3v) is 4.45. The van der Waals surface area contributed by atoms with Gasteiger partial charge in [0.15, 0.2) is 0 Å². The van der Waals surface area contributed by atoms with Crippen LogP contribution >= 0.6 is 12.4 Å². The van der Waals surface area contributed by atoms with E-state index in [0.717, 1.165) is 30.5 Å². The molecule has 3 rings (SSSR count). The highest BCUT2D eigenvalue weighted by Gasteiger charge is 2.28. The van der Waals surface area contributed by atoms with Gasteiger partial charge in [-0.2, -0.15) is 5.10 Å². The molecule has 1 fully saturated rings. The number of aryl methyl sites for hydroxylation is 1. The molecule has 1 saturated carbocycles. The van der Waals surface area contributed by atoms with Crippen LogP contribution in [-0.2, 0) is 0 Å². The van der Waals surface area contributed by atoms with Crippen molar-refractivity contribution in [3.05, 3.63) is 41.6 Å². The predicted octanol–water partition coefficient (Wildman–Crippen LogP) is 2.66. The summed E-state index contributed by atoms with van der Waals surface area (Å²) in [7, 11) is 0. The molecule has 23 heavy (non-hydrogen) atoms. The molecule has 2 unspecified atom stereocenters. The zero-order valence-electron chi connectivity index (χ0n) is 13.2. The highest BCUT2D eigenvalue weighted by molar-refractivity contribution is 5.93. The molecular weight excluding hydrogens is 312 g/mol. The van der Waals surface area contributed by atoms with Crippen LogP contribution in [0.15, 0.2) is 30.3 Å². The lowest BCUT2D eigenvalue weighted by Gasteiger charge is -2.18. The van der Waals surface area contributed by atoms with Crippen molar-refractivity contribution < 1.29 is 4.79 Å². The fraction of sp³-hybridized carbons (Fsp3) is 0.412. The molecule has 124 valence electrons. The summed E-state index contributed by atoms with van der Waals surface area (Å²) in [5.41, 5.74) is 9.24.